The number of hydrogen-bond donors (Lipinski definition) is 0. The molecule has 0 aromatic rings. The monoisotopic (exact) mass is 380 g/mol. The lowest BCUT2D eigenvalue weighted by atomic mass is 10.0. The van der Waals surface area contributed by atoms with Crippen molar-refractivity contribution in [1.82, 2.24) is 0 Å². The van der Waals surface area contributed by atoms with Gasteiger partial charge in [-0.05, 0) is 23.2 Å². The summed E-state index contributed by atoms with van der Waals surface area (Å²) in [6, 6.07) is 0. The van der Waals surface area contributed by atoms with Gasteiger partial charge in [-0.3, -0.25) is 4.79 Å². The highest BCUT2D eigenvalue weighted by molar-refractivity contribution is 6.66. The van der Waals surface area contributed by atoms with E-state index in [-0.39, 0.29) is 0 Å². The molecule has 13 heteroatoms. The zero-order valence-electron chi connectivity index (χ0n) is 7.94. The van der Waals surface area contributed by atoms with Crippen molar-refractivity contribution < 1.29 is 39.9 Å². The Balaban J connectivity index is 5.99. The molecular weight excluding hydrogens is 382 g/mol. The molecule has 0 aliphatic heterocycles. The third kappa shape index (κ3) is 2.71. The lowest BCUT2D eigenvalue weighted by molar-refractivity contribution is -0.257. The smallest absolute Gasteiger partial charge is 0.274 e. The van der Waals surface area contributed by atoms with Crippen molar-refractivity contribution >= 4 is 51.6 Å². The van der Waals surface area contributed by atoms with E-state index in [4.69, 9.17) is 0 Å². The molecule has 0 aliphatic rings. The van der Waals surface area contributed by atoms with Crippen LogP contribution in [-0.2, 0) is 4.79 Å². The maximum absolute atomic E-state index is 13.2. The second-order valence-electron chi connectivity index (χ2n) is 3.07. The number of carbonyl (C=O) groups is 1. The predicted molar refractivity (Wildman–Crippen MR) is 50.9 cm³/mol. The van der Waals surface area contributed by atoms with E-state index in [1.54, 1.807) is 0 Å². The van der Waals surface area contributed by atoms with Gasteiger partial charge < -0.3 is 0 Å². The fourth-order valence-corrected chi connectivity index (χ4v) is 1.39. The first-order valence-electron chi connectivity index (χ1n) is 3.72. The first kappa shape index (κ1) is 19.3. The Morgan fingerprint density at radius 1 is 0.737 bits per heavy atom. The lowest BCUT2D eigenvalue weighted by Crippen LogP contribution is -2.66. The predicted octanol–water partition coefficient (Wildman–Crippen LogP) is 4.66. The van der Waals surface area contributed by atoms with Crippen LogP contribution < -0.4 is 0 Å². The van der Waals surface area contributed by atoms with E-state index < -0.39 is 32.7 Å². The second kappa shape index (κ2) is 4.92. The zero-order chi connectivity index (χ0) is 16.1. The highest BCUT2D eigenvalue weighted by Gasteiger charge is 2.84. The molecule has 0 rings (SSSR count). The van der Waals surface area contributed by atoms with E-state index in [2.05, 4.69) is 46.4 Å². The van der Waals surface area contributed by atoms with Gasteiger partial charge in [0.2, 0.25) is 0 Å². The molecule has 0 bridgehead atoms. The number of hydrogen-bond acceptors (Lipinski definition) is 1. The van der Waals surface area contributed by atoms with Gasteiger partial charge >= 0.3 is 27.5 Å². The van der Waals surface area contributed by atoms with Gasteiger partial charge in [-0.25, -0.2) is 8.78 Å². The molecule has 0 spiro atoms. The SMILES string of the molecule is O=C(Cl)C(F)(F)[C@](F)(Cl)C(F)(F)[C@](F)(Cl)C(F)(F)Cl. The molecule has 0 saturated carbocycles. The molecular formula is C6Cl4F8O. The highest BCUT2D eigenvalue weighted by atomic mass is 35.5. The minimum absolute atomic E-state index is 3.09. The second-order valence-corrected chi connectivity index (χ2v) is 4.93. The molecule has 0 radical (unpaired) electrons. The molecule has 114 valence electrons. The first-order valence-corrected chi connectivity index (χ1v) is 5.23. The number of carbonyl (C=O) groups excluding carboxylic acids is 1. The van der Waals surface area contributed by atoms with Gasteiger partial charge in [-0.15, -0.1) is 0 Å². The highest BCUT2D eigenvalue weighted by Crippen LogP contribution is 2.60. The Hall–Kier alpha value is 0.270. The lowest BCUT2D eigenvalue weighted by Gasteiger charge is -2.38. The maximum Gasteiger partial charge on any atom is 0.375 e. The molecule has 0 aromatic heterocycles. The molecule has 0 fully saturated rings. The molecule has 1 nitrogen and oxygen atoms in total. The molecule has 0 unspecified atom stereocenters. The van der Waals surface area contributed by atoms with Gasteiger partial charge in [-0.1, -0.05) is 23.2 Å². The van der Waals surface area contributed by atoms with Crippen LogP contribution >= 0.6 is 46.4 Å². The summed E-state index contributed by atoms with van der Waals surface area (Å²) in [7, 11) is 0. The zero-order valence-corrected chi connectivity index (χ0v) is 11.0. The van der Waals surface area contributed by atoms with Crippen molar-refractivity contribution in [2.75, 3.05) is 0 Å². The molecule has 0 amide bonds. The summed E-state index contributed by atoms with van der Waals surface area (Å²) < 4.78 is 102. The van der Waals surface area contributed by atoms with Gasteiger partial charge in [0.1, 0.15) is 0 Å². The molecule has 2 atom stereocenters. The van der Waals surface area contributed by atoms with E-state index >= 15 is 0 Å². The molecule has 0 saturated heterocycles. The van der Waals surface area contributed by atoms with Crippen LogP contribution in [0.25, 0.3) is 0 Å². The Bertz CT molecular complexity index is 376. The average Bonchev–Trinajstić information content (AvgIpc) is 2.14. The molecule has 0 aromatic carbocycles. The molecule has 0 heterocycles. The van der Waals surface area contributed by atoms with E-state index in [1.807, 2.05) is 0 Å². The number of halogens is 12. The Morgan fingerprint density at radius 2 is 1.05 bits per heavy atom. The van der Waals surface area contributed by atoms with Crippen molar-refractivity contribution in [2.45, 2.75) is 27.5 Å². The van der Waals surface area contributed by atoms with Gasteiger partial charge in [0.25, 0.3) is 5.24 Å². The number of rotatable bonds is 5. The normalized spacial score (nSPS) is 20.6. The minimum Gasteiger partial charge on any atom is -0.274 e. The summed E-state index contributed by atoms with van der Waals surface area (Å²) in [6.45, 7) is 0. The van der Waals surface area contributed by atoms with Crippen LogP contribution in [0.15, 0.2) is 0 Å². The van der Waals surface area contributed by atoms with Gasteiger partial charge in [0.05, 0.1) is 0 Å². The minimum atomic E-state index is -6.50. The average molecular weight is 382 g/mol. The summed E-state index contributed by atoms with van der Waals surface area (Å²) in [5, 5.41) is -20.6. The van der Waals surface area contributed by atoms with E-state index in [1.165, 1.54) is 0 Å². The van der Waals surface area contributed by atoms with Gasteiger partial charge in [0, 0.05) is 0 Å². The van der Waals surface area contributed by atoms with Crippen molar-refractivity contribution in [2.24, 2.45) is 0 Å². The third-order valence-corrected chi connectivity index (χ3v) is 3.33. The summed E-state index contributed by atoms with van der Waals surface area (Å²) in [5.74, 6) is -12.4. The van der Waals surface area contributed by atoms with E-state index in [9.17, 15) is 39.9 Å². The molecule has 19 heavy (non-hydrogen) atoms. The van der Waals surface area contributed by atoms with Crippen LogP contribution in [0.3, 0.4) is 0 Å². The van der Waals surface area contributed by atoms with E-state index in [0.717, 1.165) is 0 Å². The topological polar surface area (TPSA) is 17.1 Å². The fraction of sp³-hybridized carbons (Fsp3) is 0.833. The number of alkyl halides is 11. The van der Waals surface area contributed by atoms with Crippen molar-refractivity contribution in [1.29, 1.82) is 0 Å². The fourth-order valence-electron chi connectivity index (χ4n) is 0.696. The summed E-state index contributed by atoms with van der Waals surface area (Å²) in [4.78, 5) is 10.1. The Morgan fingerprint density at radius 3 is 1.26 bits per heavy atom. The first-order chi connectivity index (χ1) is 7.94. The van der Waals surface area contributed by atoms with Crippen molar-refractivity contribution in [3.8, 4) is 0 Å². The Kier molecular flexibility index (Phi) is 4.99. The largest absolute Gasteiger partial charge is 0.375 e. The summed E-state index contributed by atoms with van der Waals surface area (Å²) in [6.07, 6.45) is 0. The summed E-state index contributed by atoms with van der Waals surface area (Å²) in [5.41, 5.74) is 0. The van der Waals surface area contributed by atoms with Crippen molar-refractivity contribution in [3.63, 3.8) is 0 Å². The van der Waals surface area contributed by atoms with Crippen molar-refractivity contribution in [3.05, 3.63) is 0 Å². The quantitative estimate of drug-likeness (QED) is 0.384. The van der Waals surface area contributed by atoms with Crippen LogP contribution in [0.4, 0.5) is 35.1 Å². The standard InChI is InChI=1S/C6Cl4F8O/c7-1(19)2(11,12)3(8,13)5(15,16)4(9,14)6(10,17)18/t3-,4-/m1/s1. The van der Waals surface area contributed by atoms with Gasteiger partial charge in [0.15, 0.2) is 0 Å². The van der Waals surface area contributed by atoms with Crippen LogP contribution in [0.5, 0.6) is 0 Å². The summed E-state index contributed by atoms with van der Waals surface area (Å²) >= 11 is 15.9. The maximum atomic E-state index is 13.2. The van der Waals surface area contributed by atoms with E-state index in [0.29, 0.717) is 0 Å². The van der Waals surface area contributed by atoms with Crippen LogP contribution in [0, 0.1) is 0 Å². The third-order valence-electron chi connectivity index (χ3n) is 1.79. The Labute approximate surface area is 119 Å². The van der Waals surface area contributed by atoms with Gasteiger partial charge in [-0.2, -0.15) is 26.3 Å². The van der Waals surface area contributed by atoms with Crippen LogP contribution in [0.1, 0.15) is 0 Å². The van der Waals surface area contributed by atoms with Crippen LogP contribution in [0.2, 0.25) is 0 Å². The molecule has 0 aliphatic carbocycles. The van der Waals surface area contributed by atoms with Crippen LogP contribution in [-0.4, -0.2) is 32.7 Å². The molecule has 0 N–H and O–H groups in total.